The quantitative estimate of drug-likeness (QED) is 0.105. The maximum Gasteiger partial charge on any atom is 0.141 e. The van der Waals surface area contributed by atoms with Gasteiger partial charge in [-0.15, -0.1) is 0 Å². The van der Waals surface area contributed by atoms with Crippen molar-refractivity contribution in [1.82, 2.24) is 19.9 Å². The van der Waals surface area contributed by atoms with Crippen LogP contribution in [0.2, 0.25) is 10.0 Å². The summed E-state index contributed by atoms with van der Waals surface area (Å²) >= 11 is 11.8. The molecule has 4 N–H and O–H groups in total. The van der Waals surface area contributed by atoms with E-state index < -0.39 is 11.6 Å². The van der Waals surface area contributed by atoms with Crippen molar-refractivity contribution in [3.8, 4) is 12.1 Å². The van der Waals surface area contributed by atoms with Gasteiger partial charge in [0.25, 0.3) is 0 Å². The van der Waals surface area contributed by atoms with Crippen LogP contribution < -0.4 is 21.3 Å². The van der Waals surface area contributed by atoms with E-state index in [4.69, 9.17) is 23.2 Å². The summed E-state index contributed by atoms with van der Waals surface area (Å²) in [7, 11) is 0. The second-order valence-corrected chi connectivity index (χ2v) is 14.3. The number of halogens is 4. The topological polar surface area (TPSA) is 147 Å². The minimum Gasteiger partial charge on any atom is -0.377 e. The average molecular weight is 836 g/mol. The molecule has 0 amide bonds. The number of nitrogens with zero attached hydrogens (tertiary/aromatic N) is 6. The van der Waals surface area contributed by atoms with Crippen LogP contribution in [-0.4, -0.2) is 19.9 Å². The highest BCUT2D eigenvalue weighted by Gasteiger charge is 2.15. The number of nitriles is 2. The zero-order valence-corrected chi connectivity index (χ0v) is 33.6. The van der Waals surface area contributed by atoms with Gasteiger partial charge in [-0.3, -0.25) is 19.9 Å². The number of nitrogens with one attached hydrogen (secondary N) is 4. The molecule has 4 heterocycles. The van der Waals surface area contributed by atoms with E-state index in [1.807, 2.05) is 86.6 Å². The summed E-state index contributed by atoms with van der Waals surface area (Å²) in [6.45, 7) is 4.05. The van der Waals surface area contributed by atoms with Gasteiger partial charge in [0.05, 0.1) is 67.1 Å². The maximum atomic E-state index is 13.5. The third-order valence-corrected chi connectivity index (χ3v) is 9.96. The van der Waals surface area contributed by atoms with E-state index in [0.29, 0.717) is 33.9 Å². The fourth-order valence-electron chi connectivity index (χ4n) is 6.35. The van der Waals surface area contributed by atoms with E-state index in [1.165, 1.54) is 36.7 Å². The van der Waals surface area contributed by atoms with Gasteiger partial charge in [-0.25, -0.2) is 8.78 Å². The van der Waals surface area contributed by atoms with Crippen LogP contribution in [-0.2, 0) is 0 Å². The molecule has 14 heteroatoms. The zero-order valence-electron chi connectivity index (χ0n) is 32.1. The summed E-state index contributed by atoms with van der Waals surface area (Å²) < 4.78 is 27.0. The van der Waals surface area contributed by atoms with Crippen molar-refractivity contribution >= 4 is 79.1 Å². The molecule has 4 aromatic carbocycles. The lowest BCUT2D eigenvalue weighted by Crippen LogP contribution is -2.08. The van der Waals surface area contributed by atoms with Crippen molar-refractivity contribution in [2.45, 2.75) is 25.9 Å². The van der Waals surface area contributed by atoms with Gasteiger partial charge in [0.2, 0.25) is 0 Å². The van der Waals surface area contributed by atoms with Gasteiger partial charge in [0.1, 0.15) is 23.8 Å². The molecule has 8 aromatic rings. The molecule has 0 aliphatic rings. The molecule has 0 saturated heterocycles. The molecular weight excluding hydrogens is 801 g/mol. The zero-order chi connectivity index (χ0) is 42.2. The van der Waals surface area contributed by atoms with Crippen LogP contribution in [0.25, 0.3) is 21.8 Å². The van der Waals surface area contributed by atoms with E-state index in [0.717, 1.165) is 44.6 Å². The van der Waals surface area contributed by atoms with Crippen LogP contribution in [0.3, 0.4) is 0 Å². The van der Waals surface area contributed by atoms with Crippen molar-refractivity contribution in [2.75, 3.05) is 21.3 Å². The van der Waals surface area contributed by atoms with Crippen molar-refractivity contribution in [3.63, 3.8) is 0 Å². The number of pyridine rings is 4. The lowest BCUT2D eigenvalue weighted by atomic mass is 10.1. The number of rotatable bonds is 10. The Labute approximate surface area is 354 Å². The first-order valence-corrected chi connectivity index (χ1v) is 19.3. The fourth-order valence-corrected chi connectivity index (χ4v) is 6.71. The third kappa shape index (κ3) is 9.49. The van der Waals surface area contributed by atoms with E-state index in [2.05, 4.69) is 53.3 Å². The van der Waals surface area contributed by atoms with Gasteiger partial charge in [-0.2, -0.15) is 10.5 Å². The predicted octanol–water partition coefficient (Wildman–Crippen LogP) is 12.4. The van der Waals surface area contributed by atoms with Crippen LogP contribution in [0.15, 0.2) is 134 Å². The number of benzene rings is 4. The van der Waals surface area contributed by atoms with Crippen molar-refractivity contribution in [1.29, 1.82) is 10.5 Å². The molecule has 0 bridgehead atoms. The standard InChI is InChI=1S/2C23H17ClFN5/c2*1-14(21-4-2-3-9-27-21)29-16-6-8-22-18(10-16)23(15(12-26)13-28-22)30-17-5-7-20(25)19(24)11-17/h2*2-11,13-14,29H,1H3,(H,28,30)/t14-;/m0./s1. The first kappa shape index (κ1) is 40.8. The Bertz CT molecular complexity index is 2710. The number of hydrogen-bond acceptors (Lipinski definition) is 10. The van der Waals surface area contributed by atoms with E-state index in [9.17, 15) is 19.3 Å². The fraction of sp³-hybridized carbons (Fsp3) is 0.0870. The maximum absolute atomic E-state index is 13.5. The highest BCUT2D eigenvalue weighted by Crippen LogP contribution is 2.34. The lowest BCUT2D eigenvalue weighted by Gasteiger charge is -2.17. The van der Waals surface area contributed by atoms with Crippen LogP contribution >= 0.6 is 23.2 Å². The molecule has 0 aliphatic carbocycles. The molecule has 0 radical (unpaired) electrons. The minimum atomic E-state index is -0.502. The van der Waals surface area contributed by atoms with Gasteiger partial charge in [0, 0.05) is 58.3 Å². The molecule has 10 nitrogen and oxygen atoms in total. The van der Waals surface area contributed by atoms with Gasteiger partial charge in [0.15, 0.2) is 0 Å². The average Bonchev–Trinajstić information content (AvgIpc) is 3.27. The molecule has 8 rings (SSSR count). The molecule has 60 heavy (non-hydrogen) atoms. The second kappa shape index (κ2) is 18.5. The van der Waals surface area contributed by atoms with Gasteiger partial charge >= 0.3 is 0 Å². The van der Waals surface area contributed by atoms with Crippen molar-refractivity contribution in [2.24, 2.45) is 0 Å². The molecule has 4 aromatic heterocycles. The highest BCUT2D eigenvalue weighted by molar-refractivity contribution is 6.31. The predicted molar refractivity (Wildman–Crippen MR) is 235 cm³/mol. The van der Waals surface area contributed by atoms with Gasteiger partial charge in [-0.1, -0.05) is 35.3 Å². The first-order chi connectivity index (χ1) is 29.1. The first-order valence-electron chi connectivity index (χ1n) is 18.5. The van der Waals surface area contributed by atoms with Gasteiger partial charge < -0.3 is 21.3 Å². The SMILES string of the molecule is CC(Nc1ccc2ncc(C#N)c(Nc3ccc(F)c(Cl)c3)c2c1)c1ccccn1.C[C@H](Nc1ccc2ncc(C#N)c(Nc3ccc(F)c(Cl)c3)c2c1)c1ccccn1. The lowest BCUT2D eigenvalue weighted by molar-refractivity contribution is 0.628. The van der Waals surface area contributed by atoms with Crippen molar-refractivity contribution < 1.29 is 8.78 Å². The number of hydrogen-bond donors (Lipinski definition) is 4. The van der Waals surface area contributed by atoms with Crippen LogP contribution in [0.1, 0.15) is 48.4 Å². The van der Waals surface area contributed by atoms with Crippen LogP contribution in [0.5, 0.6) is 0 Å². The molecule has 0 saturated carbocycles. The molecule has 0 fully saturated rings. The Kier molecular flexibility index (Phi) is 12.6. The Morgan fingerprint density at radius 2 is 0.950 bits per heavy atom. The monoisotopic (exact) mass is 834 g/mol. The highest BCUT2D eigenvalue weighted by atomic mass is 35.5. The number of aromatic nitrogens is 4. The minimum absolute atomic E-state index is 0.00316. The summed E-state index contributed by atoms with van der Waals surface area (Å²) in [6, 6.07) is 36.0. The molecule has 1 unspecified atom stereocenters. The number of fused-ring (bicyclic) bond motifs is 2. The van der Waals surface area contributed by atoms with E-state index in [1.54, 1.807) is 24.5 Å². The second-order valence-electron chi connectivity index (χ2n) is 13.5. The smallest absolute Gasteiger partial charge is 0.141 e. The summed E-state index contributed by atoms with van der Waals surface area (Å²) in [5.74, 6) is -1.00. The summed E-state index contributed by atoms with van der Waals surface area (Å²) in [5.41, 5.74) is 8.06. The van der Waals surface area contributed by atoms with E-state index >= 15 is 0 Å². The van der Waals surface area contributed by atoms with Crippen LogP contribution in [0, 0.1) is 34.3 Å². The molecular formula is C46H34Cl2F2N10. The normalized spacial score (nSPS) is 11.7. The summed E-state index contributed by atoms with van der Waals surface area (Å²) in [4.78, 5) is 17.5. The Morgan fingerprint density at radius 1 is 0.533 bits per heavy atom. The Hall–Kier alpha value is -7.38. The molecule has 0 aliphatic heterocycles. The third-order valence-electron chi connectivity index (χ3n) is 9.38. The van der Waals surface area contributed by atoms with Crippen molar-refractivity contribution in [3.05, 3.63) is 178 Å². The summed E-state index contributed by atoms with van der Waals surface area (Å²) in [5, 5.41) is 33.9. The van der Waals surface area contributed by atoms with Gasteiger partial charge in [-0.05, 0) is 111 Å². The number of anilines is 6. The largest absolute Gasteiger partial charge is 0.377 e. The Morgan fingerprint density at radius 3 is 1.32 bits per heavy atom. The van der Waals surface area contributed by atoms with Crippen LogP contribution in [0.4, 0.5) is 42.9 Å². The summed E-state index contributed by atoms with van der Waals surface area (Å²) in [6.07, 6.45) is 6.54. The molecule has 0 spiro atoms. The molecule has 2 atom stereocenters. The van der Waals surface area contributed by atoms with E-state index in [-0.39, 0.29) is 22.1 Å². The molecule has 296 valence electrons. The Balaban J connectivity index is 0.000000181.